The van der Waals surface area contributed by atoms with Gasteiger partial charge < -0.3 is 5.73 Å². The van der Waals surface area contributed by atoms with Gasteiger partial charge in [-0.1, -0.05) is 31.0 Å². The molecular weight excluding hydrogens is 234 g/mol. The summed E-state index contributed by atoms with van der Waals surface area (Å²) >= 11 is 0. The fourth-order valence-electron chi connectivity index (χ4n) is 3.39. The molecule has 0 aliphatic heterocycles. The van der Waals surface area contributed by atoms with Gasteiger partial charge in [0.2, 0.25) is 0 Å². The van der Waals surface area contributed by atoms with Gasteiger partial charge in [0.05, 0.1) is 0 Å². The van der Waals surface area contributed by atoms with Gasteiger partial charge in [-0.2, -0.15) is 0 Å². The smallest absolute Gasteiger partial charge is 0.166 e. The van der Waals surface area contributed by atoms with Gasteiger partial charge in [0, 0.05) is 17.5 Å². The van der Waals surface area contributed by atoms with Crippen LogP contribution in [0.1, 0.15) is 66.8 Å². The van der Waals surface area contributed by atoms with Crippen LogP contribution in [0.3, 0.4) is 0 Å². The number of nitrogens with two attached hydrogens (primary N) is 1. The summed E-state index contributed by atoms with van der Waals surface area (Å²) in [6.07, 6.45) is 7.96. The molecule has 0 radical (unpaired) electrons. The van der Waals surface area contributed by atoms with Crippen molar-refractivity contribution in [3.63, 3.8) is 0 Å². The molecule has 2 N–H and O–H groups in total. The molecule has 0 bridgehead atoms. The summed E-state index contributed by atoms with van der Waals surface area (Å²) in [6.45, 7) is 0. The minimum Gasteiger partial charge on any atom is -0.328 e. The van der Waals surface area contributed by atoms with Crippen molar-refractivity contribution in [3.05, 3.63) is 35.4 Å². The first-order valence-electron chi connectivity index (χ1n) is 7.64. The van der Waals surface area contributed by atoms with Gasteiger partial charge in [-0.15, -0.1) is 0 Å². The fraction of sp³-hybridized carbons (Fsp3) is 0.588. The normalized spacial score (nSPS) is 27.8. The fourth-order valence-corrected chi connectivity index (χ4v) is 3.39. The minimum absolute atomic E-state index is 0.153. The molecule has 0 saturated heterocycles. The first-order chi connectivity index (χ1) is 9.24. The van der Waals surface area contributed by atoms with E-state index in [-0.39, 0.29) is 12.0 Å². The van der Waals surface area contributed by atoms with Crippen molar-refractivity contribution in [2.24, 2.45) is 11.7 Å². The second kappa shape index (κ2) is 5.46. The Bertz CT molecular complexity index is 464. The predicted octanol–water partition coefficient (Wildman–Crippen LogP) is 3.65. The summed E-state index contributed by atoms with van der Waals surface area (Å²) in [4.78, 5) is 12.6. The maximum Gasteiger partial charge on any atom is 0.166 e. The third-order valence-corrected chi connectivity index (χ3v) is 4.83. The third kappa shape index (κ3) is 2.74. The van der Waals surface area contributed by atoms with Crippen molar-refractivity contribution in [2.75, 3.05) is 0 Å². The number of ketones is 1. The lowest BCUT2D eigenvalue weighted by Gasteiger charge is -2.27. The van der Waals surface area contributed by atoms with E-state index in [9.17, 15) is 4.79 Å². The molecule has 0 aromatic heterocycles. The molecule has 0 heterocycles. The molecule has 1 aromatic carbocycles. The Morgan fingerprint density at radius 3 is 2.58 bits per heavy atom. The van der Waals surface area contributed by atoms with Crippen LogP contribution in [0.25, 0.3) is 0 Å². The second-order valence-corrected chi connectivity index (χ2v) is 6.24. The summed E-state index contributed by atoms with van der Waals surface area (Å²) in [5, 5.41) is 0. The Kier molecular flexibility index (Phi) is 3.69. The van der Waals surface area contributed by atoms with Gasteiger partial charge in [0.1, 0.15) is 0 Å². The van der Waals surface area contributed by atoms with Gasteiger partial charge in [0.25, 0.3) is 0 Å². The van der Waals surface area contributed by atoms with Crippen LogP contribution in [-0.4, -0.2) is 11.8 Å². The van der Waals surface area contributed by atoms with E-state index in [1.165, 1.54) is 24.8 Å². The first kappa shape index (κ1) is 12.9. The molecule has 1 aromatic rings. The topological polar surface area (TPSA) is 43.1 Å². The molecule has 3 rings (SSSR count). The van der Waals surface area contributed by atoms with E-state index >= 15 is 0 Å². The highest BCUT2D eigenvalue weighted by molar-refractivity contribution is 5.98. The number of hydrogen-bond donors (Lipinski definition) is 1. The molecule has 2 unspecified atom stereocenters. The van der Waals surface area contributed by atoms with Crippen molar-refractivity contribution >= 4 is 5.78 Å². The predicted molar refractivity (Wildman–Crippen MR) is 77.3 cm³/mol. The quantitative estimate of drug-likeness (QED) is 0.840. The summed E-state index contributed by atoms with van der Waals surface area (Å²) in [5.41, 5.74) is 8.26. The SMILES string of the molecule is NC1CCCC(C(=O)c2cccc(C3CCC3)c2)C1. The average molecular weight is 257 g/mol. The first-order valence-corrected chi connectivity index (χ1v) is 7.64. The van der Waals surface area contributed by atoms with Gasteiger partial charge in [-0.3, -0.25) is 4.79 Å². The monoisotopic (exact) mass is 257 g/mol. The molecule has 2 aliphatic rings. The Labute approximate surface area is 115 Å². The summed E-state index contributed by atoms with van der Waals surface area (Å²) < 4.78 is 0. The second-order valence-electron chi connectivity index (χ2n) is 6.24. The van der Waals surface area contributed by atoms with Crippen LogP contribution in [0.5, 0.6) is 0 Å². The number of carbonyl (C=O) groups excluding carboxylic acids is 1. The summed E-state index contributed by atoms with van der Waals surface area (Å²) in [7, 11) is 0. The van der Waals surface area contributed by atoms with Crippen LogP contribution in [-0.2, 0) is 0 Å². The highest BCUT2D eigenvalue weighted by Gasteiger charge is 2.27. The van der Waals surface area contributed by atoms with Crippen molar-refractivity contribution in [2.45, 2.75) is 56.9 Å². The molecule has 0 amide bonds. The van der Waals surface area contributed by atoms with E-state index in [0.29, 0.717) is 11.7 Å². The van der Waals surface area contributed by atoms with Crippen molar-refractivity contribution in [1.29, 1.82) is 0 Å². The lowest BCUT2D eigenvalue weighted by Crippen LogP contribution is -2.31. The van der Waals surface area contributed by atoms with Crippen LogP contribution in [0, 0.1) is 5.92 Å². The molecule has 102 valence electrons. The van der Waals surface area contributed by atoms with Gasteiger partial charge in [-0.25, -0.2) is 0 Å². The highest BCUT2D eigenvalue weighted by atomic mass is 16.1. The molecular formula is C17H23NO. The van der Waals surface area contributed by atoms with E-state index in [1.807, 2.05) is 12.1 Å². The van der Waals surface area contributed by atoms with Crippen LogP contribution < -0.4 is 5.73 Å². The van der Waals surface area contributed by atoms with E-state index < -0.39 is 0 Å². The minimum atomic E-state index is 0.153. The number of Topliss-reactive ketones (excluding diaryl/α,β-unsaturated/α-hetero) is 1. The Hall–Kier alpha value is -1.15. The zero-order valence-corrected chi connectivity index (χ0v) is 11.5. The van der Waals surface area contributed by atoms with Crippen LogP contribution in [0.2, 0.25) is 0 Å². The maximum absolute atomic E-state index is 12.6. The third-order valence-electron chi connectivity index (χ3n) is 4.83. The van der Waals surface area contributed by atoms with E-state index in [0.717, 1.165) is 31.2 Å². The van der Waals surface area contributed by atoms with Crippen LogP contribution in [0.4, 0.5) is 0 Å². The lowest BCUT2D eigenvalue weighted by molar-refractivity contribution is 0.0881. The van der Waals surface area contributed by atoms with E-state index in [2.05, 4.69) is 12.1 Å². The Morgan fingerprint density at radius 2 is 1.89 bits per heavy atom. The van der Waals surface area contributed by atoms with Gasteiger partial charge >= 0.3 is 0 Å². The average Bonchev–Trinajstić information content (AvgIpc) is 2.36. The zero-order valence-electron chi connectivity index (χ0n) is 11.5. The van der Waals surface area contributed by atoms with E-state index in [4.69, 9.17) is 5.73 Å². The van der Waals surface area contributed by atoms with Crippen LogP contribution in [0.15, 0.2) is 24.3 Å². The van der Waals surface area contributed by atoms with E-state index in [1.54, 1.807) is 0 Å². The molecule has 2 fully saturated rings. The Balaban J connectivity index is 1.75. The summed E-state index contributed by atoms with van der Waals surface area (Å²) in [6, 6.07) is 8.55. The molecule has 2 atom stereocenters. The summed E-state index contributed by atoms with van der Waals surface area (Å²) in [5.74, 6) is 1.16. The van der Waals surface area contributed by atoms with Gasteiger partial charge in [-0.05, 0) is 49.7 Å². The Morgan fingerprint density at radius 1 is 1.11 bits per heavy atom. The number of benzene rings is 1. The lowest BCUT2D eigenvalue weighted by atomic mass is 9.78. The van der Waals surface area contributed by atoms with Crippen molar-refractivity contribution < 1.29 is 4.79 Å². The van der Waals surface area contributed by atoms with Crippen molar-refractivity contribution in [1.82, 2.24) is 0 Å². The highest BCUT2D eigenvalue weighted by Crippen LogP contribution is 2.37. The van der Waals surface area contributed by atoms with Crippen molar-refractivity contribution in [3.8, 4) is 0 Å². The molecule has 0 spiro atoms. The zero-order chi connectivity index (χ0) is 13.2. The molecule has 2 saturated carbocycles. The largest absolute Gasteiger partial charge is 0.328 e. The number of carbonyl (C=O) groups is 1. The maximum atomic E-state index is 12.6. The molecule has 2 aliphatic carbocycles. The van der Waals surface area contributed by atoms with Crippen LogP contribution >= 0.6 is 0 Å². The number of rotatable bonds is 3. The standard InChI is InChI=1S/C17H23NO/c18-16-9-3-8-15(11-16)17(19)14-7-2-6-13(10-14)12-4-1-5-12/h2,6-7,10,12,15-16H,1,3-5,8-9,11,18H2. The molecule has 2 heteroatoms. The molecule has 2 nitrogen and oxygen atoms in total. The number of hydrogen-bond acceptors (Lipinski definition) is 2. The molecule has 19 heavy (non-hydrogen) atoms. The van der Waals surface area contributed by atoms with Gasteiger partial charge in [0.15, 0.2) is 5.78 Å².